The Bertz CT molecular complexity index is 690. The number of H-pyrrole nitrogens is 1. The summed E-state index contributed by atoms with van der Waals surface area (Å²) < 4.78 is 1.62. The second kappa shape index (κ2) is 6.04. The number of aldehydes is 1. The van der Waals surface area contributed by atoms with Crippen LogP contribution in [0.25, 0.3) is 0 Å². The number of aromatic amines is 1. The van der Waals surface area contributed by atoms with Gasteiger partial charge in [-0.25, -0.2) is 4.98 Å². The van der Waals surface area contributed by atoms with Crippen LogP contribution < -0.4 is 5.56 Å². The average molecular weight is 292 g/mol. The van der Waals surface area contributed by atoms with Gasteiger partial charge in [0.15, 0.2) is 11.4 Å². The van der Waals surface area contributed by atoms with Crippen molar-refractivity contribution in [1.29, 1.82) is 0 Å². The van der Waals surface area contributed by atoms with Crippen LogP contribution in [0.2, 0.25) is 0 Å². The van der Waals surface area contributed by atoms with Crippen molar-refractivity contribution in [3.8, 4) is 0 Å². The van der Waals surface area contributed by atoms with Crippen molar-refractivity contribution < 1.29 is 4.79 Å². The lowest BCUT2D eigenvalue weighted by atomic mass is 10.2. The number of hydrogen-bond donors (Lipinski definition) is 1. The zero-order chi connectivity index (χ0) is 14.7. The lowest BCUT2D eigenvalue weighted by Crippen LogP contribution is -2.10. The van der Waals surface area contributed by atoms with Crippen molar-refractivity contribution in [2.24, 2.45) is 7.05 Å². The standard InChI is InChI=1S/C13H16N4O2S/c1-4-5-9-6-11(19)15-13(14-9)20-12-10(7-18)8(2)16-17(12)3/h6-7H,4-5H2,1-3H3,(H,14,15,19). The maximum absolute atomic E-state index is 11.6. The van der Waals surface area contributed by atoms with Gasteiger partial charge in [0.1, 0.15) is 5.03 Å². The minimum absolute atomic E-state index is 0.183. The molecular formula is C13H16N4O2S. The molecule has 0 aromatic carbocycles. The van der Waals surface area contributed by atoms with Crippen molar-refractivity contribution in [3.05, 3.63) is 33.4 Å². The number of aromatic nitrogens is 4. The summed E-state index contributed by atoms with van der Waals surface area (Å²) in [7, 11) is 1.76. The molecular weight excluding hydrogens is 276 g/mol. The quantitative estimate of drug-likeness (QED) is 0.670. The molecule has 1 N–H and O–H groups in total. The predicted octanol–water partition coefficient (Wildman–Crippen LogP) is 1.73. The summed E-state index contributed by atoms with van der Waals surface area (Å²) in [5.41, 5.74) is 1.76. The Balaban J connectivity index is 2.39. The predicted molar refractivity (Wildman–Crippen MR) is 76.3 cm³/mol. The first-order valence-electron chi connectivity index (χ1n) is 6.32. The van der Waals surface area contributed by atoms with Crippen LogP contribution in [0.15, 0.2) is 21.0 Å². The zero-order valence-corrected chi connectivity index (χ0v) is 12.5. The monoisotopic (exact) mass is 292 g/mol. The number of nitrogens with one attached hydrogen (secondary N) is 1. The molecule has 0 saturated heterocycles. The van der Waals surface area contributed by atoms with E-state index in [9.17, 15) is 9.59 Å². The second-order valence-corrected chi connectivity index (χ2v) is 5.42. The number of rotatable bonds is 5. The van der Waals surface area contributed by atoms with Gasteiger partial charge in [-0.3, -0.25) is 14.3 Å². The van der Waals surface area contributed by atoms with E-state index in [1.807, 2.05) is 6.92 Å². The van der Waals surface area contributed by atoms with E-state index in [2.05, 4.69) is 15.1 Å². The molecule has 0 radical (unpaired) electrons. The average Bonchev–Trinajstić information content (AvgIpc) is 2.63. The minimum Gasteiger partial charge on any atom is -0.301 e. The summed E-state index contributed by atoms with van der Waals surface area (Å²) in [5.74, 6) is 0. The molecule has 2 aromatic rings. The Morgan fingerprint density at radius 2 is 2.25 bits per heavy atom. The fraction of sp³-hybridized carbons (Fsp3) is 0.385. The number of hydrogen-bond acceptors (Lipinski definition) is 5. The highest BCUT2D eigenvalue weighted by atomic mass is 32.2. The summed E-state index contributed by atoms with van der Waals surface area (Å²) in [6.07, 6.45) is 2.45. The molecule has 0 bridgehead atoms. The van der Waals surface area contributed by atoms with Crippen LogP contribution in [0.5, 0.6) is 0 Å². The van der Waals surface area contributed by atoms with E-state index in [0.717, 1.165) is 24.8 Å². The summed E-state index contributed by atoms with van der Waals surface area (Å²) in [6, 6.07) is 1.50. The van der Waals surface area contributed by atoms with E-state index in [-0.39, 0.29) is 5.56 Å². The van der Waals surface area contributed by atoms with Gasteiger partial charge in [0.25, 0.3) is 5.56 Å². The van der Waals surface area contributed by atoms with Gasteiger partial charge < -0.3 is 4.98 Å². The lowest BCUT2D eigenvalue weighted by Gasteiger charge is -2.04. The normalized spacial score (nSPS) is 10.8. The molecule has 2 rings (SSSR count). The molecule has 0 aliphatic heterocycles. The third kappa shape index (κ3) is 2.98. The lowest BCUT2D eigenvalue weighted by molar-refractivity contribution is 0.112. The highest BCUT2D eigenvalue weighted by Crippen LogP contribution is 2.28. The molecule has 0 aliphatic rings. The van der Waals surface area contributed by atoms with Crippen molar-refractivity contribution in [2.75, 3.05) is 0 Å². The van der Waals surface area contributed by atoms with E-state index >= 15 is 0 Å². The highest BCUT2D eigenvalue weighted by molar-refractivity contribution is 7.99. The molecule has 0 unspecified atom stereocenters. The van der Waals surface area contributed by atoms with Crippen molar-refractivity contribution >= 4 is 18.0 Å². The first kappa shape index (κ1) is 14.5. The van der Waals surface area contributed by atoms with Crippen molar-refractivity contribution in [2.45, 2.75) is 36.9 Å². The summed E-state index contributed by atoms with van der Waals surface area (Å²) in [5, 5.41) is 5.36. The fourth-order valence-corrected chi connectivity index (χ4v) is 2.89. The first-order valence-corrected chi connectivity index (χ1v) is 7.13. The molecule has 6 nitrogen and oxygen atoms in total. The van der Waals surface area contributed by atoms with Gasteiger partial charge in [-0.2, -0.15) is 5.10 Å². The molecule has 2 aromatic heterocycles. The molecule has 0 aliphatic carbocycles. The van der Waals surface area contributed by atoms with Crippen LogP contribution in [-0.2, 0) is 13.5 Å². The number of aryl methyl sites for hydroxylation is 3. The largest absolute Gasteiger partial charge is 0.301 e. The Kier molecular flexibility index (Phi) is 4.39. The molecule has 0 amide bonds. The van der Waals surface area contributed by atoms with Crippen LogP contribution in [-0.4, -0.2) is 26.0 Å². The van der Waals surface area contributed by atoms with E-state index in [0.29, 0.717) is 21.4 Å². The van der Waals surface area contributed by atoms with Crippen LogP contribution in [0, 0.1) is 6.92 Å². The van der Waals surface area contributed by atoms with Crippen molar-refractivity contribution in [1.82, 2.24) is 19.7 Å². The Hall–Kier alpha value is -1.89. The van der Waals surface area contributed by atoms with Gasteiger partial charge in [0, 0.05) is 18.8 Å². The molecule has 0 fully saturated rings. The number of carbonyl (C=O) groups excluding carboxylic acids is 1. The van der Waals surface area contributed by atoms with E-state index in [1.54, 1.807) is 18.7 Å². The number of nitrogens with zero attached hydrogens (tertiary/aromatic N) is 3. The summed E-state index contributed by atoms with van der Waals surface area (Å²) in [4.78, 5) is 29.8. The second-order valence-electron chi connectivity index (χ2n) is 4.44. The Morgan fingerprint density at radius 3 is 2.90 bits per heavy atom. The third-order valence-electron chi connectivity index (χ3n) is 2.80. The zero-order valence-electron chi connectivity index (χ0n) is 11.6. The SMILES string of the molecule is CCCc1cc(=O)[nH]c(Sc2c(C=O)c(C)nn2C)n1. The van der Waals surface area contributed by atoms with Gasteiger partial charge >= 0.3 is 0 Å². The van der Waals surface area contributed by atoms with Gasteiger partial charge in [-0.05, 0) is 25.1 Å². The minimum atomic E-state index is -0.183. The van der Waals surface area contributed by atoms with Crippen LogP contribution in [0.4, 0.5) is 0 Å². The molecule has 0 spiro atoms. The van der Waals surface area contributed by atoms with Gasteiger partial charge in [0.05, 0.1) is 11.3 Å². The molecule has 20 heavy (non-hydrogen) atoms. The molecule has 2 heterocycles. The number of carbonyl (C=O) groups is 1. The maximum atomic E-state index is 11.6. The Morgan fingerprint density at radius 1 is 1.50 bits per heavy atom. The van der Waals surface area contributed by atoms with Gasteiger partial charge in [0.2, 0.25) is 0 Å². The summed E-state index contributed by atoms with van der Waals surface area (Å²) >= 11 is 1.24. The molecule has 7 heteroatoms. The molecule has 0 saturated carbocycles. The van der Waals surface area contributed by atoms with Crippen molar-refractivity contribution in [3.63, 3.8) is 0 Å². The van der Waals surface area contributed by atoms with E-state index < -0.39 is 0 Å². The van der Waals surface area contributed by atoms with Crippen LogP contribution in [0.3, 0.4) is 0 Å². The van der Waals surface area contributed by atoms with Gasteiger partial charge in [-0.1, -0.05) is 13.3 Å². The fourth-order valence-electron chi connectivity index (χ4n) is 1.92. The molecule has 106 valence electrons. The molecule has 0 atom stereocenters. The summed E-state index contributed by atoms with van der Waals surface area (Å²) in [6.45, 7) is 3.81. The Labute approximate surface area is 120 Å². The van der Waals surface area contributed by atoms with Gasteiger partial charge in [-0.15, -0.1) is 0 Å². The first-order chi connectivity index (χ1) is 9.55. The van der Waals surface area contributed by atoms with Crippen LogP contribution in [0.1, 0.15) is 35.1 Å². The third-order valence-corrected chi connectivity index (χ3v) is 3.87. The smallest absolute Gasteiger partial charge is 0.251 e. The van der Waals surface area contributed by atoms with E-state index in [1.165, 1.54) is 17.8 Å². The maximum Gasteiger partial charge on any atom is 0.251 e. The van der Waals surface area contributed by atoms with Crippen LogP contribution >= 0.6 is 11.8 Å². The highest BCUT2D eigenvalue weighted by Gasteiger charge is 2.15. The van der Waals surface area contributed by atoms with E-state index in [4.69, 9.17) is 0 Å². The topological polar surface area (TPSA) is 80.6 Å².